The van der Waals surface area contributed by atoms with Crippen molar-refractivity contribution >= 4 is 5.97 Å². The first-order valence-corrected chi connectivity index (χ1v) is 10.8. The predicted octanol–water partition coefficient (Wildman–Crippen LogP) is 6.61. The minimum atomic E-state index is -0.455. The lowest BCUT2D eigenvalue weighted by Crippen LogP contribution is -2.09. The average molecular weight is 439 g/mol. The van der Waals surface area contributed by atoms with E-state index in [2.05, 4.69) is 0 Å². The highest BCUT2D eigenvalue weighted by atomic mass is 16.5. The van der Waals surface area contributed by atoms with Gasteiger partial charge in [0.2, 0.25) is 0 Å². The Morgan fingerprint density at radius 3 is 1.88 bits per heavy atom. The van der Waals surface area contributed by atoms with Crippen molar-refractivity contribution < 1.29 is 19.0 Å². The molecule has 0 aliphatic heterocycles. The molecule has 0 N–H and O–H groups in total. The predicted molar refractivity (Wildman–Crippen MR) is 130 cm³/mol. The van der Waals surface area contributed by atoms with Crippen LogP contribution in [0.1, 0.15) is 27.0 Å². The molecule has 0 fully saturated rings. The molecule has 166 valence electrons. The van der Waals surface area contributed by atoms with E-state index in [-0.39, 0.29) is 0 Å². The zero-order valence-corrected chi connectivity index (χ0v) is 18.8. The zero-order chi connectivity index (χ0) is 23.0. The molecule has 0 amide bonds. The van der Waals surface area contributed by atoms with Gasteiger partial charge in [0.15, 0.2) is 0 Å². The lowest BCUT2D eigenvalue weighted by molar-refractivity contribution is 0.0596. The summed E-state index contributed by atoms with van der Waals surface area (Å²) in [6, 6.07) is 31.4. The Morgan fingerprint density at radius 1 is 0.727 bits per heavy atom. The SMILES string of the molecule is COC(=O)c1c(OCc2ccccc2)cc(OCc2ccccc2)cc1-c1ccc(C)cc1. The molecule has 0 atom stereocenters. The topological polar surface area (TPSA) is 44.8 Å². The van der Waals surface area contributed by atoms with Gasteiger partial charge in [0, 0.05) is 11.6 Å². The van der Waals surface area contributed by atoms with Crippen molar-refractivity contribution in [3.63, 3.8) is 0 Å². The highest BCUT2D eigenvalue weighted by molar-refractivity contribution is 6.00. The Labute approximate surface area is 194 Å². The average Bonchev–Trinajstić information content (AvgIpc) is 2.87. The summed E-state index contributed by atoms with van der Waals surface area (Å²) in [5, 5.41) is 0. The van der Waals surface area contributed by atoms with Gasteiger partial charge in [-0.05, 0) is 29.7 Å². The molecule has 4 heteroatoms. The molecular formula is C29H26O4. The first kappa shape index (κ1) is 22.2. The maximum atomic E-state index is 12.9. The minimum Gasteiger partial charge on any atom is -0.489 e. The number of ether oxygens (including phenoxy) is 3. The summed E-state index contributed by atoms with van der Waals surface area (Å²) in [7, 11) is 1.38. The van der Waals surface area contributed by atoms with Gasteiger partial charge in [-0.25, -0.2) is 4.79 Å². The van der Waals surface area contributed by atoms with E-state index in [0.717, 1.165) is 22.3 Å². The molecule has 0 spiro atoms. The first-order chi connectivity index (χ1) is 16.1. The second-order valence-corrected chi connectivity index (χ2v) is 7.75. The number of rotatable bonds is 8. The summed E-state index contributed by atoms with van der Waals surface area (Å²) in [5.74, 6) is 0.584. The van der Waals surface area contributed by atoms with Crippen molar-refractivity contribution in [2.24, 2.45) is 0 Å². The minimum absolute atomic E-state index is 0.320. The first-order valence-electron chi connectivity index (χ1n) is 10.8. The van der Waals surface area contributed by atoms with E-state index in [1.54, 1.807) is 6.07 Å². The highest BCUT2D eigenvalue weighted by Crippen LogP contribution is 2.37. The van der Waals surface area contributed by atoms with Gasteiger partial charge < -0.3 is 14.2 Å². The second kappa shape index (κ2) is 10.5. The standard InChI is InChI=1S/C29H26O4/c1-21-13-15-24(16-14-21)26-17-25(32-19-22-9-5-3-6-10-22)18-27(28(26)29(30)31-2)33-20-23-11-7-4-8-12-23/h3-18H,19-20H2,1-2H3. The fraction of sp³-hybridized carbons (Fsp3) is 0.138. The van der Waals surface area contributed by atoms with Gasteiger partial charge in [0.1, 0.15) is 30.3 Å². The third kappa shape index (κ3) is 5.60. The van der Waals surface area contributed by atoms with Gasteiger partial charge in [-0.2, -0.15) is 0 Å². The van der Waals surface area contributed by atoms with Crippen molar-refractivity contribution in [3.8, 4) is 22.6 Å². The number of benzene rings is 4. The summed E-state index contributed by atoms with van der Waals surface area (Å²) < 4.78 is 17.4. The van der Waals surface area contributed by atoms with Crippen molar-refractivity contribution in [2.75, 3.05) is 7.11 Å². The van der Waals surface area contributed by atoms with Crippen molar-refractivity contribution in [1.29, 1.82) is 0 Å². The molecule has 0 saturated carbocycles. The normalized spacial score (nSPS) is 10.5. The van der Waals surface area contributed by atoms with Crippen LogP contribution in [0.2, 0.25) is 0 Å². The van der Waals surface area contributed by atoms with E-state index in [4.69, 9.17) is 14.2 Å². The second-order valence-electron chi connectivity index (χ2n) is 7.75. The van der Waals surface area contributed by atoms with E-state index < -0.39 is 5.97 Å². The molecule has 0 saturated heterocycles. The highest BCUT2D eigenvalue weighted by Gasteiger charge is 2.22. The molecule has 4 rings (SSSR count). The molecule has 0 aliphatic carbocycles. The molecule has 0 radical (unpaired) electrons. The number of hydrogen-bond acceptors (Lipinski definition) is 4. The van der Waals surface area contributed by atoms with Gasteiger partial charge in [0.05, 0.1) is 7.11 Å². The molecule has 4 aromatic rings. The molecule has 0 bridgehead atoms. The number of hydrogen-bond donors (Lipinski definition) is 0. The van der Waals surface area contributed by atoms with Crippen molar-refractivity contribution in [3.05, 3.63) is 119 Å². The quantitative estimate of drug-likeness (QED) is 0.291. The fourth-order valence-corrected chi connectivity index (χ4v) is 3.54. The largest absolute Gasteiger partial charge is 0.489 e. The van der Waals surface area contributed by atoms with Crippen LogP contribution in [0.5, 0.6) is 11.5 Å². The lowest BCUT2D eigenvalue weighted by Gasteiger charge is -2.17. The molecule has 0 aromatic heterocycles. The smallest absolute Gasteiger partial charge is 0.342 e. The van der Waals surface area contributed by atoms with E-state index in [9.17, 15) is 4.79 Å². The maximum absolute atomic E-state index is 12.9. The third-order valence-electron chi connectivity index (χ3n) is 5.31. The van der Waals surface area contributed by atoms with Crippen LogP contribution in [-0.4, -0.2) is 13.1 Å². The Morgan fingerprint density at radius 2 is 1.30 bits per heavy atom. The third-order valence-corrected chi connectivity index (χ3v) is 5.31. The van der Waals surface area contributed by atoms with Gasteiger partial charge in [-0.3, -0.25) is 0 Å². The van der Waals surface area contributed by atoms with Gasteiger partial charge in [0.25, 0.3) is 0 Å². The Hall–Kier alpha value is -4.05. The Kier molecular flexibility index (Phi) is 7.06. The van der Waals surface area contributed by atoms with E-state index in [1.807, 2.05) is 97.9 Å². The van der Waals surface area contributed by atoms with Gasteiger partial charge in [-0.15, -0.1) is 0 Å². The molecule has 33 heavy (non-hydrogen) atoms. The van der Waals surface area contributed by atoms with E-state index in [0.29, 0.717) is 35.8 Å². The van der Waals surface area contributed by atoms with Crippen LogP contribution in [0.4, 0.5) is 0 Å². The van der Waals surface area contributed by atoms with Crippen molar-refractivity contribution in [1.82, 2.24) is 0 Å². The molecule has 0 unspecified atom stereocenters. The zero-order valence-electron chi connectivity index (χ0n) is 18.8. The van der Waals surface area contributed by atoms with Crippen LogP contribution in [0, 0.1) is 6.92 Å². The van der Waals surface area contributed by atoms with Crippen LogP contribution in [0.25, 0.3) is 11.1 Å². The van der Waals surface area contributed by atoms with E-state index in [1.165, 1.54) is 7.11 Å². The Bertz CT molecular complexity index is 1200. The van der Waals surface area contributed by atoms with Crippen LogP contribution < -0.4 is 9.47 Å². The summed E-state index contributed by atoms with van der Waals surface area (Å²) in [6.07, 6.45) is 0. The van der Waals surface area contributed by atoms with Crippen LogP contribution in [-0.2, 0) is 18.0 Å². The Balaban J connectivity index is 1.75. The number of methoxy groups -OCH3 is 1. The molecule has 0 aliphatic rings. The molecular weight excluding hydrogens is 412 g/mol. The van der Waals surface area contributed by atoms with Crippen molar-refractivity contribution in [2.45, 2.75) is 20.1 Å². The number of aryl methyl sites for hydroxylation is 1. The van der Waals surface area contributed by atoms with E-state index >= 15 is 0 Å². The van der Waals surface area contributed by atoms with Crippen LogP contribution in [0.3, 0.4) is 0 Å². The summed E-state index contributed by atoms with van der Waals surface area (Å²) in [5.41, 5.74) is 5.16. The summed E-state index contributed by atoms with van der Waals surface area (Å²) >= 11 is 0. The van der Waals surface area contributed by atoms with Crippen LogP contribution >= 0.6 is 0 Å². The fourth-order valence-electron chi connectivity index (χ4n) is 3.54. The lowest BCUT2D eigenvalue weighted by atomic mass is 9.97. The summed E-state index contributed by atoms with van der Waals surface area (Å²) in [6.45, 7) is 2.75. The maximum Gasteiger partial charge on any atom is 0.342 e. The monoisotopic (exact) mass is 438 g/mol. The van der Waals surface area contributed by atoms with Crippen LogP contribution in [0.15, 0.2) is 97.1 Å². The number of carbonyl (C=O) groups excluding carboxylic acids is 1. The number of carbonyl (C=O) groups is 1. The molecule has 4 aromatic carbocycles. The molecule has 4 nitrogen and oxygen atoms in total. The molecule has 0 heterocycles. The number of esters is 1. The van der Waals surface area contributed by atoms with Gasteiger partial charge in [-0.1, -0.05) is 90.5 Å². The summed E-state index contributed by atoms with van der Waals surface area (Å²) in [4.78, 5) is 12.9. The van der Waals surface area contributed by atoms with Gasteiger partial charge >= 0.3 is 5.97 Å².